The number of aryl methyl sites for hydroxylation is 1. The highest BCUT2D eigenvalue weighted by atomic mass is 16.6. The molecule has 0 unspecified atom stereocenters. The second-order valence-corrected chi connectivity index (χ2v) is 5.50. The normalized spacial score (nSPS) is 9.62. The number of amides is 2. The number of benzene rings is 2. The van der Waals surface area contributed by atoms with E-state index < -0.39 is 10.8 Å². The lowest BCUT2D eigenvalue weighted by atomic mass is 10.1. The number of nitrogens with one attached hydrogen (secondary N) is 2. The van der Waals surface area contributed by atoms with E-state index in [4.69, 9.17) is 0 Å². The topological polar surface area (TPSA) is 101 Å². The third-order valence-electron chi connectivity index (χ3n) is 3.44. The van der Waals surface area contributed by atoms with Crippen molar-refractivity contribution in [1.82, 2.24) is 5.32 Å². The summed E-state index contributed by atoms with van der Waals surface area (Å²) in [7, 11) is 0. The number of hydrogen-bond acceptors (Lipinski definition) is 4. The maximum absolute atomic E-state index is 12.0. The molecule has 0 heterocycles. The molecule has 7 heteroatoms. The van der Waals surface area contributed by atoms with Crippen molar-refractivity contribution in [1.29, 1.82) is 0 Å². The van der Waals surface area contributed by atoms with Crippen molar-refractivity contribution in [3.05, 3.63) is 69.3 Å². The van der Waals surface area contributed by atoms with Gasteiger partial charge < -0.3 is 10.6 Å². The number of nitro groups is 1. The molecule has 2 amide bonds. The molecule has 2 aromatic rings. The Morgan fingerprint density at radius 2 is 1.85 bits per heavy atom. The van der Waals surface area contributed by atoms with Gasteiger partial charge in [0, 0.05) is 35.4 Å². The van der Waals surface area contributed by atoms with Gasteiger partial charge in [-0.05, 0) is 37.3 Å². The van der Waals surface area contributed by atoms with Crippen LogP contribution in [0.25, 0.3) is 0 Å². The van der Waals surface area contributed by atoms with Crippen molar-refractivity contribution in [2.24, 2.45) is 0 Å². The van der Waals surface area contributed by atoms with Gasteiger partial charge in [-0.25, -0.2) is 0 Å². The van der Waals surface area contributed by atoms with Crippen LogP contribution < -0.4 is 10.6 Å². The van der Waals surface area contributed by atoms with Crippen LogP contribution in [0.15, 0.2) is 42.5 Å². The molecule has 2 aromatic carbocycles. The van der Waals surface area contributed by atoms with Crippen molar-refractivity contribution in [3.63, 3.8) is 0 Å². The molecule has 0 fully saturated rings. The van der Waals surface area contributed by atoms with Gasteiger partial charge in [0.05, 0.1) is 11.5 Å². The molecule has 0 saturated heterocycles. The largest absolute Gasteiger partial charge is 0.341 e. The molecule has 0 bridgehead atoms. The van der Waals surface area contributed by atoms with E-state index in [0.29, 0.717) is 11.3 Å². The standard InChI is InChI=1S/C19H17N3O4/c1-13-5-8-16(12-18(13)22(25)26)19(24)20-11-3-4-15-6-9-17(10-7-15)21-14(2)23/h5-10,12H,11H2,1-2H3,(H,20,24)(H,21,23). The molecule has 0 spiro atoms. The Kier molecular flexibility index (Phi) is 6.06. The average molecular weight is 351 g/mol. The van der Waals surface area contributed by atoms with Crippen molar-refractivity contribution < 1.29 is 14.5 Å². The Morgan fingerprint density at radius 3 is 2.46 bits per heavy atom. The molecule has 0 aliphatic rings. The summed E-state index contributed by atoms with van der Waals surface area (Å²) in [6.45, 7) is 3.15. The summed E-state index contributed by atoms with van der Waals surface area (Å²) in [6, 6.07) is 11.3. The lowest BCUT2D eigenvalue weighted by Crippen LogP contribution is -2.23. The molecule has 0 atom stereocenters. The van der Waals surface area contributed by atoms with Crippen LogP contribution in [0.2, 0.25) is 0 Å². The van der Waals surface area contributed by atoms with E-state index in [9.17, 15) is 19.7 Å². The summed E-state index contributed by atoms with van der Waals surface area (Å²) in [4.78, 5) is 33.4. The van der Waals surface area contributed by atoms with Crippen LogP contribution in [0.3, 0.4) is 0 Å². The predicted octanol–water partition coefficient (Wildman–Crippen LogP) is 2.64. The molecular weight excluding hydrogens is 334 g/mol. The predicted molar refractivity (Wildman–Crippen MR) is 97.8 cm³/mol. The number of carbonyl (C=O) groups is 2. The first-order valence-corrected chi connectivity index (χ1v) is 7.76. The van der Waals surface area contributed by atoms with Crippen molar-refractivity contribution >= 4 is 23.2 Å². The van der Waals surface area contributed by atoms with Crippen LogP contribution in [0.1, 0.15) is 28.4 Å². The third kappa shape index (κ3) is 5.18. The van der Waals surface area contributed by atoms with Crippen molar-refractivity contribution in [3.8, 4) is 11.8 Å². The first kappa shape index (κ1) is 18.7. The Labute approximate surface area is 150 Å². The summed E-state index contributed by atoms with van der Waals surface area (Å²) in [5.41, 5.74) is 2.03. The number of nitro benzene ring substituents is 1. The highest BCUT2D eigenvalue weighted by molar-refractivity contribution is 5.95. The maximum Gasteiger partial charge on any atom is 0.273 e. The summed E-state index contributed by atoms with van der Waals surface area (Å²) in [5.74, 6) is 5.12. The van der Waals surface area contributed by atoms with Crippen LogP contribution in [0.5, 0.6) is 0 Å². The quantitative estimate of drug-likeness (QED) is 0.502. The monoisotopic (exact) mass is 351 g/mol. The maximum atomic E-state index is 12.0. The highest BCUT2D eigenvalue weighted by Gasteiger charge is 2.14. The minimum Gasteiger partial charge on any atom is -0.341 e. The zero-order valence-electron chi connectivity index (χ0n) is 14.3. The number of nitrogens with zero attached hydrogens (tertiary/aromatic N) is 1. The van der Waals surface area contributed by atoms with E-state index in [1.165, 1.54) is 25.1 Å². The first-order chi connectivity index (χ1) is 12.4. The van der Waals surface area contributed by atoms with Gasteiger partial charge in [0.25, 0.3) is 11.6 Å². The van der Waals surface area contributed by atoms with Gasteiger partial charge in [-0.1, -0.05) is 17.9 Å². The van der Waals surface area contributed by atoms with E-state index in [1.54, 1.807) is 31.2 Å². The van der Waals surface area contributed by atoms with Crippen molar-refractivity contribution in [2.45, 2.75) is 13.8 Å². The molecular formula is C19H17N3O4. The molecule has 0 radical (unpaired) electrons. The number of carbonyl (C=O) groups excluding carboxylic acids is 2. The van der Waals surface area contributed by atoms with Crippen molar-refractivity contribution in [2.75, 3.05) is 11.9 Å². The Balaban J connectivity index is 1.95. The van der Waals surface area contributed by atoms with Crippen LogP contribution in [-0.4, -0.2) is 23.3 Å². The van der Waals surface area contributed by atoms with E-state index in [-0.39, 0.29) is 23.7 Å². The van der Waals surface area contributed by atoms with Crippen LogP contribution in [0.4, 0.5) is 11.4 Å². The fourth-order valence-electron chi connectivity index (χ4n) is 2.16. The third-order valence-corrected chi connectivity index (χ3v) is 3.44. The van der Waals surface area contributed by atoms with Gasteiger partial charge >= 0.3 is 0 Å². The molecule has 26 heavy (non-hydrogen) atoms. The van der Waals surface area contributed by atoms with E-state index >= 15 is 0 Å². The minimum absolute atomic E-state index is 0.0944. The summed E-state index contributed by atoms with van der Waals surface area (Å²) < 4.78 is 0. The lowest BCUT2D eigenvalue weighted by molar-refractivity contribution is -0.385. The second kappa shape index (κ2) is 8.44. The van der Waals surface area contributed by atoms with E-state index in [2.05, 4.69) is 22.5 Å². The summed E-state index contributed by atoms with van der Waals surface area (Å²) in [6.07, 6.45) is 0. The lowest BCUT2D eigenvalue weighted by Gasteiger charge is -2.03. The van der Waals surface area contributed by atoms with Gasteiger partial charge in [-0.3, -0.25) is 19.7 Å². The number of rotatable bonds is 4. The number of hydrogen-bond donors (Lipinski definition) is 2. The fourth-order valence-corrected chi connectivity index (χ4v) is 2.16. The van der Waals surface area contributed by atoms with Gasteiger partial charge in [-0.15, -0.1) is 0 Å². The Morgan fingerprint density at radius 1 is 1.15 bits per heavy atom. The highest BCUT2D eigenvalue weighted by Crippen LogP contribution is 2.19. The molecule has 0 aromatic heterocycles. The van der Waals surface area contributed by atoms with Crippen LogP contribution >= 0.6 is 0 Å². The molecule has 0 aliphatic heterocycles. The summed E-state index contributed by atoms with van der Waals surface area (Å²) in [5, 5.41) is 16.2. The van der Waals surface area contributed by atoms with E-state index in [0.717, 1.165) is 5.56 Å². The van der Waals surface area contributed by atoms with Gasteiger partial charge in [0.1, 0.15) is 0 Å². The first-order valence-electron chi connectivity index (χ1n) is 7.76. The van der Waals surface area contributed by atoms with E-state index in [1.807, 2.05) is 0 Å². The smallest absolute Gasteiger partial charge is 0.273 e. The second-order valence-electron chi connectivity index (χ2n) is 5.50. The molecule has 7 nitrogen and oxygen atoms in total. The summed E-state index contributed by atoms with van der Waals surface area (Å²) >= 11 is 0. The molecule has 2 rings (SSSR count). The van der Waals surface area contributed by atoms with Gasteiger partial charge in [-0.2, -0.15) is 0 Å². The number of anilines is 1. The Hall–Kier alpha value is -3.66. The zero-order valence-corrected chi connectivity index (χ0v) is 14.3. The molecule has 0 aliphatic carbocycles. The fraction of sp³-hybridized carbons (Fsp3) is 0.158. The Bertz CT molecular complexity index is 909. The molecule has 2 N–H and O–H groups in total. The van der Waals surface area contributed by atoms with Crippen LogP contribution in [-0.2, 0) is 4.79 Å². The zero-order chi connectivity index (χ0) is 19.1. The molecule has 0 saturated carbocycles. The van der Waals surface area contributed by atoms with Gasteiger partial charge in [0.2, 0.25) is 5.91 Å². The SMILES string of the molecule is CC(=O)Nc1ccc(C#CCNC(=O)c2ccc(C)c([N+](=O)[O-])c2)cc1. The van der Waals surface area contributed by atoms with Gasteiger partial charge in [0.15, 0.2) is 0 Å². The minimum atomic E-state index is -0.517. The average Bonchev–Trinajstić information content (AvgIpc) is 2.59. The van der Waals surface area contributed by atoms with Crippen LogP contribution in [0, 0.1) is 28.9 Å². The molecule has 132 valence electrons.